The Morgan fingerprint density at radius 3 is 2.46 bits per heavy atom. The van der Waals surface area contributed by atoms with Gasteiger partial charge in [-0.3, -0.25) is 9.59 Å². The fourth-order valence-electron chi connectivity index (χ4n) is 2.74. The molecule has 0 bridgehead atoms. The van der Waals surface area contributed by atoms with Crippen LogP contribution in [0, 0.1) is 5.92 Å². The zero-order valence-electron chi connectivity index (χ0n) is 15.7. The number of allylic oxidation sites excluding steroid dienone is 5. The van der Waals surface area contributed by atoms with Crippen molar-refractivity contribution in [3.05, 3.63) is 77.6 Å². The molecular formula is C22H25NO5. The van der Waals surface area contributed by atoms with E-state index in [1.54, 1.807) is 30.4 Å². The van der Waals surface area contributed by atoms with Crippen molar-refractivity contribution < 1.29 is 24.9 Å². The van der Waals surface area contributed by atoms with Gasteiger partial charge in [-0.15, -0.1) is 0 Å². The van der Waals surface area contributed by atoms with Gasteiger partial charge in [0, 0.05) is 13.0 Å². The highest BCUT2D eigenvalue weighted by Crippen LogP contribution is 2.19. The van der Waals surface area contributed by atoms with E-state index in [4.69, 9.17) is 5.11 Å². The molecule has 1 amide bonds. The lowest BCUT2D eigenvalue weighted by atomic mass is 10.0. The summed E-state index contributed by atoms with van der Waals surface area (Å²) in [6, 6.07) is 5.63. The van der Waals surface area contributed by atoms with Crippen LogP contribution in [-0.2, 0) is 16.0 Å². The van der Waals surface area contributed by atoms with E-state index >= 15 is 0 Å². The largest absolute Gasteiger partial charge is 0.508 e. The van der Waals surface area contributed by atoms with Gasteiger partial charge in [0.05, 0.1) is 6.04 Å². The van der Waals surface area contributed by atoms with Gasteiger partial charge in [0.15, 0.2) is 5.78 Å². The normalized spacial score (nSPS) is 20.4. The van der Waals surface area contributed by atoms with Crippen molar-refractivity contribution in [3.63, 3.8) is 0 Å². The number of nitrogens with one attached hydrogen (secondary N) is 1. The summed E-state index contributed by atoms with van der Waals surface area (Å²) in [7, 11) is 0. The number of aromatic hydroxyl groups is 1. The zero-order chi connectivity index (χ0) is 20.5. The van der Waals surface area contributed by atoms with Crippen LogP contribution in [0.4, 0.5) is 0 Å². The van der Waals surface area contributed by atoms with Crippen LogP contribution in [0.5, 0.6) is 5.75 Å². The average Bonchev–Trinajstić information content (AvgIpc) is 2.96. The number of rotatable bonds is 8. The SMILES string of the molecule is CC[C@H](C=CC=CC=CC(O)=C1C(=O)N[C@@H](Cc2ccc(O)cc2)C1=O)CO. The Hall–Kier alpha value is -3.12. The number of aliphatic hydroxyl groups excluding tert-OH is 2. The summed E-state index contributed by atoms with van der Waals surface area (Å²) in [4.78, 5) is 24.5. The second kappa shape index (κ2) is 10.3. The molecule has 6 nitrogen and oxygen atoms in total. The molecule has 0 radical (unpaired) electrons. The second-order valence-corrected chi connectivity index (χ2v) is 6.50. The maximum Gasteiger partial charge on any atom is 0.259 e. The number of aliphatic hydroxyl groups is 2. The lowest BCUT2D eigenvalue weighted by molar-refractivity contribution is -0.117. The number of benzene rings is 1. The number of ketones is 1. The molecular weight excluding hydrogens is 358 g/mol. The van der Waals surface area contributed by atoms with Gasteiger partial charge in [0.1, 0.15) is 17.1 Å². The smallest absolute Gasteiger partial charge is 0.259 e. The van der Waals surface area contributed by atoms with E-state index in [1.165, 1.54) is 24.3 Å². The summed E-state index contributed by atoms with van der Waals surface area (Å²) < 4.78 is 0. The van der Waals surface area contributed by atoms with Crippen LogP contribution in [0.3, 0.4) is 0 Å². The van der Waals surface area contributed by atoms with Gasteiger partial charge >= 0.3 is 0 Å². The van der Waals surface area contributed by atoms with Crippen LogP contribution in [0.1, 0.15) is 18.9 Å². The minimum absolute atomic E-state index is 0.0894. The van der Waals surface area contributed by atoms with Crippen molar-refractivity contribution in [2.45, 2.75) is 25.8 Å². The molecule has 1 aliphatic rings. The van der Waals surface area contributed by atoms with Gasteiger partial charge < -0.3 is 20.6 Å². The Bertz CT molecular complexity index is 814. The van der Waals surface area contributed by atoms with Crippen molar-refractivity contribution in [2.24, 2.45) is 5.92 Å². The van der Waals surface area contributed by atoms with Crippen LogP contribution in [0.25, 0.3) is 0 Å². The van der Waals surface area contributed by atoms with Crippen molar-refractivity contribution in [2.75, 3.05) is 6.61 Å². The molecule has 1 aromatic carbocycles. The highest BCUT2D eigenvalue weighted by atomic mass is 16.3. The fourth-order valence-corrected chi connectivity index (χ4v) is 2.74. The van der Waals surface area contributed by atoms with Gasteiger partial charge in [-0.1, -0.05) is 49.4 Å². The molecule has 2 rings (SSSR count). The standard InChI is InChI=1S/C22H25NO5/c1-2-15(14-24)7-5-3-4-6-8-19(26)20-21(27)18(23-22(20)28)13-16-9-11-17(25)12-10-16/h3-12,15,18,24-26H,2,13-14H2,1H3,(H,23,28)/t15-,18+/m1/s1. The lowest BCUT2D eigenvalue weighted by Gasteiger charge is -2.07. The molecule has 148 valence electrons. The quantitative estimate of drug-likeness (QED) is 0.239. The third kappa shape index (κ3) is 5.69. The maximum atomic E-state index is 12.5. The number of phenols is 1. The molecule has 1 heterocycles. The van der Waals surface area contributed by atoms with Gasteiger partial charge in [0.25, 0.3) is 5.91 Å². The summed E-state index contributed by atoms with van der Waals surface area (Å²) in [6.45, 7) is 2.07. The minimum atomic E-state index is -0.745. The molecule has 4 N–H and O–H groups in total. The van der Waals surface area contributed by atoms with E-state index in [0.717, 1.165) is 12.0 Å². The summed E-state index contributed by atoms with van der Waals surface area (Å²) in [5, 5.41) is 31.1. The molecule has 0 aliphatic carbocycles. The van der Waals surface area contributed by atoms with Gasteiger partial charge in [0.2, 0.25) is 0 Å². The number of phenolic OH excluding ortho intramolecular Hbond substituents is 1. The van der Waals surface area contributed by atoms with E-state index in [0.29, 0.717) is 0 Å². The van der Waals surface area contributed by atoms with E-state index < -0.39 is 17.7 Å². The Balaban J connectivity index is 2.01. The molecule has 1 aromatic rings. The topological polar surface area (TPSA) is 107 Å². The first kappa shape index (κ1) is 21.2. The van der Waals surface area contributed by atoms with Crippen molar-refractivity contribution in [3.8, 4) is 5.75 Å². The molecule has 1 saturated heterocycles. The third-order valence-corrected chi connectivity index (χ3v) is 4.46. The van der Waals surface area contributed by atoms with E-state index in [1.807, 2.05) is 13.0 Å². The molecule has 0 spiro atoms. The predicted octanol–water partition coefficient (Wildman–Crippen LogP) is 2.50. The van der Waals surface area contributed by atoms with Crippen LogP contribution in [0.2, 0.25) is 0 Å². The van der Waals surface area contributed by atoms with Gasteiger partial charge in [-0.05, 0) is 36.1 Å². The molecule has 6 heteroatoms. The first-order valence-electron chi connectivity index (χ1n) is 9.14. The van der Waals surface area contributed by atoms with Crippen molar-refractivity contribution in [1.82, 2.24) is 5.32 Å². The number of carbonyl (C=O) groups excluding carboxylic acids is 2. The Morgan fingerprint density at radius 2 is 1.82 bits per heavy atom. The Morgan fingerprint density at radius 1 is 1.14 bits per heavy atom. The lowest BCUT2D eigenvalue weighted by Crippen LogP contribution is -2.31. The van der Waals surface area contributed by atoms with E-state index in [9.17, 15) is 19.8 Å². The van der Waals surface area contributed by atoms with Crippen molar-refractivity contribution >= 4 is 11.7 Å². The Labute approximate surface area is 164 Å². The highest BCUT2D eigenvalue weighted by Gasteiger charge is 2.37. The first-order valence-corrected chi connectivity index (χ1v) is 9.14. The van der Waals surface area contributed by atoms with Gasteiger partial charge in [-0.2, -0.15) is 0 Å². The summed E-state index contributed by atoms with van der Waals surface area (Å²) in [6.07, 6.45) is 11.0. The van der Waals surface area contributed by atoms with Crippen LogP contribution in [0.15, 0.2) is 72.1 Å². The average molecular weight is 383 g/mol. The molecule has 0 aromatic heterocycles. The molecule has 0 unspecified atom stereocenters. The molecule has 1 aliphatic heterocycles. The summed E-state index contributed by atoms with van der Waals surface area (Å²) in [5.74, 6) is -1.22. The van der Waals surface area contributed by atoms with E-state index in [2.05, 4.69) is 5.32 Å². The van der Waals surface area contributed by atoms with E-state index in [-0.39, 0.29) is 36.0 Å². The van der Waals surface area contributed by atoms with Gasteiger partial charge in [-0.25, -0.2) is 0 Å². The third-order valence-electron chi connectivity index (χ3n) is 4.46. The molecule has 0 saturated carbocycles. The minimum Gasteiger partial charge on any atom is -0.508 e. The molecule has 28 heavy (non-hydrogen) atoms. The molecule has 1 fully saturated rings. The highest BCUT2D eigenvalue weighted by molar-refractivity contribution is 6.27. The number of carbonyl (C=O) groups is 2. The van der Waals surface area contributed by atoms with Crippen molar-refractivity contribution in [1.29, 1.82) is 0 Å². The zero-order valence-corrected chi connectivity index (χ0v) is 15.7. The number of hydrogen-bond donors (Lipinski definition) is 4. The second-order valence-electron chi connectivity index (χ2n) is 6.50. The number of amides is 1. The monoisotopic (exact) mass is 383 g/mol. The summed E-state index contributed by atoms with van der Waals surface area (Å²) >= 11 is 0. The van der Waals surface area contributed by atoms with Crippen LogP contribution in [-0.4, -0.2) is 39.7 Å². The van der Waals surface area contributed by atoms with Crippen LogP contribution < -0.4 is 5.32 Å². The maximum absolute atomic E-state index is 12.5. The number of Topliss-reactive ketones (excluding diaryl/α,β-unsaturated/α-hetero) is 1. The fraction of sp³-hybridized carbons (Fsp3) is 0.273. The van der Waals surface area contributed by atoms with Crippen LogP contribution >= 0.6 is 0 Å². The Kier molecular flexibility index (Phi) is 7.77. The summed E-state index contributed by atoms with van der Waals surface area (Å²) in [5.41, 5.74) is 0.533. The predicted molar refractivity (Wildman–Crippen MR) is 107 cm³/mol. The number of hydrogen-bond acceptors (Lipinski definition) is 5. The first-order chi connectivity index (χ1) is 13.5. The molecule has 2 atom stereocenters.